The lowest BCUT2D eigenvalue weighted by Gasteiger charge is -2.08. The Kier molecular flexibility index (Phi) is 2.60. The molecule has 0 aromatic carbocycles. The molecule has 1 N–H and O–H groups in total. The number of rotatable bonds is 3. The van der Waals surface area contributed by atoms with Gasteiger partial charge in [0.05, 0.1) is 12.6 Å². The van der Waals surface area contributed by atoms with Crippen molar-refractivity contribution in [3.05, 3.63) is 6.33 Å². The molecule has 1 saturated heterocycles. The third-order valence-electron chi connectivity index (χ3n) is 2.94. The van der Waals surface area contributed by atoms with E-state index >= 15 is 0 Å². The minimum absolute atomic E-state index is 0.230. The molecule has 0 aliphatic carbocycles. The second-order valence-corrected chi connectivity index (χ2v) is 4.05. The molecule has 0 spiro atoms. The Labute approximate surface area is 98.2 Å². The molecule has 1 fully saturated rings. The minimum Gasteiger partial charge on any atom is -0.376 e. The number of hydrogen-bond donors (Lipinski definition) is 1. The van der Waals surface area contributed by atoms with E-state index in [2.05, 4.69) is 25.6 Å². The number of ether oxygens (including phenoxy) is 1. The van der Waals surface area contributed by atoms with Gasteiger partial charge >= 0.3 is 0 Å². The summed E-state index contributed by atoms with van der Waals surface area (Å²) in [6.45, 7) is 1.55. The van der Waals surface area contributed by atoms with Crippen LogP contribution in [0.15, 0.2) is 6.33 Å². The lowest BCUT2D eigenvalue weighted by molar-refractivity contribution is 0.0944. The fourth-order valence-corrected chi connectivity index (χ4v) is 2.08. The van der Waals surface area contributed by atoms with Crippen LogP contribution in [-0.4, -0.2) is 44.7 Å². The van der Waals surface area contributed by atoms with Gasteiger partial charge in [-0.3, -0.25) is 0 Å². The normalized spacial score (nSPS) is 19.9. The molecule has 3 heterocycles. The summed E-state index contributed by atoms with van der Waals surface area (Å²) in [6, 6.07) is 0. The predicted molar refractivity (Wildman–Crippen MR) is 61.6 cm³/mol. The maximum absolute atomic E-state index is 5.58. The largest absolute Gasteiger partial charge is 0.376 e. The van der Waals surface area contributed by atoms with Gasteiger partial charge in [0.25, 0.3) is 0 Å². The van der Waals surface area contributed by atoms with Gasteiger partial charge in [-0.2, -0.15) is 0 Å². The Morgan fingerprint density at radius 2 is 2.47 bits per heavy atom. The summed E-state index contributed by atoms with van der Waals surface area (Å²) in [5, 5.41) is 11.2. The van der Waals surface area contributed by atoms with Gasteiger partial charge in [0.2, 0.25) is 0 Å². The molecular weight excluding hydrogens is 220 g/mol. The van der Waals surface area contributed by atoms with Crippen molar-refractivity contribution in [3.63, 3.8) is 0 Å². The van der Waals surface area contributed by atoms with E-state index in [1.807, 2.05) is 0 Å². The van der Waals surface area contributed by atoms with Crippen molar-refractivity contribution >= 4 is 17.0 Å². The van der Waals surface area contributed by atoms with Crippen LogP contribution in [0.5, 0.6) is 0 Å². The zero-order chi connectivity index (χ0) is 11.7. The van der Waals surface area contributed by atoms with Crippen molar-refractivity contribution < 1.29 is 4.74 Å². The van der Waals surface area contributed by atoms with E-state index < -0.39 is 0 Å². The Morgan fingerprint density at radius 3 is 3.24 bits per heavy atom. The monoisotopic (exact) mass is 234 g/mol. The highest BCUT2D eigenvalue weighted by atomic mass is 16.5. The second kappa shape index (κ2) is 4.25. The van der Waals surface area contributed by atoms with Gasteiger partial charge in [-0.15, -0.1) is 5.10 Å². The van der Waals surface area contributed by atoms with Gasteiger partial charge < -0.3 is 10.1 Å². The third-order valence-corrected chi connectivity index (χ3v) is 2.94. The Morgan fingerprint density at radius 1 is 1.53 bits per heavy atom. The van der Waals surface area contributed by atoms with Crippen LogP contribution in [0, 0.1) is 0 Å². The number of anilines is 1. The van der Waals surface area contributed by atoms with Crippen LogP contribution in [0.2, 0.25) is 0 Å². The molecule has 1 atom stereocenters. The van der Waals surface area contributed by atoms with Gasteiger partial charge in [0, 0.05) is 13.7 Å². The highest BCUT2D eigenvalue weighted by molar-refractivity contribution is 5.81. The molecule has 0 amide bonds. The lowest BCUT2D eigenvalue weighted by atomic mass is 10.2. The van der Waals surface area contributed by atoms with E-state index in [4.69, 9.17) is 4.74 Å². The van der Waals surface area contributed by atoms with Crippen LogP contribution in [0.1, 0.15) is 12.8 Å². The SMILES string of the molecule is CNc1ncnc2c1nnn2CC1CCCO1. The van der Waals surface area contributed by atoms with Crippen molar-refractivity contribution in [1.82, 2.24) is 25.0 Å². The number of hydrogen-bond acceptors (Lipinski definition) is 6. The summed E-state index contributed by atoms with van der Waals surface area (Å²) in [7, 11) is 1.81. The maximum atomic E-state index is 5.58. The molecule has 7 heteroatoms. The first-order chi connectivity index (χ1) is 8.38. The van der Waals surface area contributed by atoms with Crippen molar-refractivity contribution in [2.45, 2.75) is 25.5 Å². The first-order valence-electron chi connectivity index (χ1n) is 5.72. The van der Waals surface area contributed by atoms with Crippen molar-refractivity contribution in [3.8, 4) is 0 Å². The molecule has 1 unspecified atom stereocenters. The average Bonchev–Trinajstić information content (AvgIpc) is 2.99. The van der Waals surface area contributed by atoms with E-state index in [9.17, 15) is 0 Å². The molecule has 1 aliphatic heterocycles. The summed E-state index contributed by atoms with van der Waals surface area (Å²) in [6.07, 6.45) is 3.94. The molecule has 17 heavy (non-hydrogen) atoms. The van der Waals surface area contributed by atoms with Gasteiger partial charge in [-0.05, 0) is 12.8 Å². The molecule has 2 aromatic heterocycles. The Bertz CT molecular complexity index is 518. The van der Waals surface area contributed by atoms with Crippen molar-refractivity contribution in [2.24, 2.45) is 0 Å². The summed E-state index contributed by atoms with van der Waals surface area (Å²) in [5.74, 6) is 0.702. The van der Waals surface area contributed by atoms with Crippen LogP contribution in [0.25, 0.3) is 11.2 Å². The summed E-state index contributed by atoms with van der Waals surface area (Å²) in [5.41, 5.74) is 1.45. The fraction of sp³-hybridized carbons (Fsp3) is 0.600. The first kappa shape index (κ1) is 10.4. The van der Waals surface area contributed by atoms with E-state index in [1.54, 1.807) is 11.7 Å². The molecule has 7 nitrogen and oxygen atoms in total. The Hall–Kier alpha value is -1.76. The molecule has 0 bridgehead atoms. The minimum atomic E-state index is 0.230. The van der Waals surface area contributed by atoms with Gasteiger partial charge in [-0.25, -0.2) is 14.6 Å². The molecule has 0 saturated carbocycles. The van der Waals surface area contributed by atoms with E-state index in [-0.39, 0.29) is 6.10 Å². The Balaban J connectivity index is 1.94. The summed E-state index contributed by atoms with van der Waals surface area (Å²) < 4.78 is 7.37. The lowest BCUT2D eigenvalue weighted by Crippen LogP contribution is -2.16. The van der Waals surface area contributed by atoms with Gasteiger partial charge in [-0.1, -0.05) is 5.21 Å². The number of fused-ring (bicyclic) bond motifs is 1. The highest BCUT2D eigenvalue weighted by Crippen LogP contribution is 2.18. The quantitative estimate of drug-likeness (QED) is 0.830. The molecule has 1 aliphatic rings. The van der Waals surface area contributed by atoms with Gasteiger partial charge in [0.15, 0.2) is 17.0 Å². The van der Waals surface area contributed by atoms with Crippen molar-refractivity contribution in [1.29, 1.82) is 0 Å². The first-order valence-corrected chi connectivity index (χ1v) is 5.72. The summed E-state index contributed by atoms with van der Waals surface area (Å²) >= 11 is 0. The maximum Gasteiger partial charge on any atom is 0.183 e. The van der Waals surface area contributed by atoms with Crippen LogP contribution in [0.3, 0.4) is 0 Å². The number of nitrogens with zero attached hydrogens (tertiary/aromatic N) is 5. The number of aromatic nitrogens is 5. The topological polar surface area (TPSA) is 77.8 Å². The highest BCUT2D eigenvalue weighted by Gasteiger charge is 2.19. The van der Waals surface area contributed by atoms with Crippen molar-refractivity contribution in [2.75, 3.05) is 19.0 Å². The number of nitrogens with one attached hydrogen (secondary N) is 1. The molecule has 0 radical (unpaired) electrons. The molecule has 2 aromatic rings. The second-order valence-electron chi connectivity index (χ2n) is 4.05. The fourth-order valence-electron chi connectivity index (χ4n) is 2.08. The predicted octanol–water partition coefficient (Wildman–Crippen LogP) is 0.442. The molecule has 90 valence electrons. The third kappa shape index (κ3) is 1.82. The zero-order valence-corrected chi connectivity index (χ0v) is 9.63. The van der Waals surface area contributed by atoms with Crippen LogP contribution in [-0.2, 0) is 11.3 Å². The average molecular weight is 234 g/mol. The molecular formula is C10H14N6O. The summed E-state index contributed by atoms with van der Waals surface area (Å²) in [4.78, 5) is 8.32. The van der Waals surface area contributed by atoms with Crippen LogP contribution < -0.4 is 5.32 Å². The zero-order valence-electron chi connectivity index (χ0n) is 9.63. The van der Waals surface area contributed by atoms with E-state index in [1.165, 1.54) is 6.33 Å². The van der Waals surface area contributed by atoms with E-state index in [0.29, 0.717) is 17.9 Å². The van der Waals surface area contributed by atoms with Crippen LogP contribution >= 0.6 is 0 Å². The molecule has 3 rings (SSSR count). The van der Waals surface area contributed by atoms with E-state index in [0.717, 1.165) is 25.1 Å². The standard InChI is InChI=1S/C10H14N6O/c1-11-9-8-10(13-6-12-9)16(15-14-8)5-7-3-2-4-17-7/h6-7H,2-5H2,1H3,(H,11,12,13). The smallest absolute Gasteiger partial charge is 0.183 e. The van der Waals surface area contributed by atoms with Gasteiger partial charge in [0.1, 0.15) is 6.33 Å². The van der Waals surface area contributed by atoms with Crippen LogP contribution in [0.4, 0.5) is 5.82 Å².